The smallest absolute Gasteiger partial charge is 0.270 e. The van der Waals surface area contributed by atoms with Crippen molar-refractivity contribution in [1.82, 2.24) is 29.7 Å². The SMILES string of the molecule is CCN1CCC(N2CCN(C(=O)c3cc4cc(Nc5nccc(C6=CCCC=N6)n5)ccc4[nH]3)CC2)CC1. The molecule has 3 aromatic rings. The van der Waals surface area contributed by atoms with E-state index in [9.17, 15) is 4.79 Å². The fourth-order valence-electron chi connectivity index (χ4n) is 5.76. The van der Waals surface area contributed by atoms with Crippen molar-refractivity contribution in [3.63, 3.8) is 0 Å². The lowest BCUT2D eigenvalue weighted by Crippen LogP contribution is -2.54. The van der Waals surface area contributed by atoms with Gasteiger partial charge in [0.2, 0.25) is 5.95 Å². The lowest BCUT2D eigenvalue weighted by Gasteiger charge is -2.42. The van der Waals surface area contributed by atoms with Crippen LogP contribution in [0.3, 0.4) is 0 Å². The summed E-state index contributed by atoms with van der Waals surface area (Å²) in [7, 11) is 0. The number of aromatic nitrogens is 3. The van der Waals surface area contributed by atoms with Gasteiger partial charge in [-0.3, -0.25) is 14.7 Å². The number of fused-ring (bicyclic) bond motifs is 1. The molecule has 2 saturated heterocycles. The lowest BCUT2D eigenvalue weighted by atomic mass is 10.0. The Kier molecular flexibility index (Phi) is 7.20. The third-order valence-electron chi connectivity index (χ3n) is 8.01. The molecule has 9 nitrogen and oxygen atoms in total. The summed E-state index contributed by atoms with van der Waals surface area (Å²) >= 11 is 0. The van der Waals surface area contributed by atoms with Gasteiger partial charge in [0.1, 0.15) is 5.69 Å². The molecule has 0 atom stereocenters. The number of aromatic amines is 1. The molecule has 6 rings (SSSR count). The minimum atomic E-state index is 0.0773. The molecule has 3 aliphatic rings. The van der Waals surface area contributed by atoms with Crippen molar-refractivity contribution in [2.75, 3.05) is 51.1 Å². The van der Waals surface area contributed by atoms with Gasteiger partial charge >= 0.3 is 0 Å². The molecule has 5 heterocycles. The molecule has 0 bridgehead atoms. The van der Waals surface area contributed by atoms with Gasteiger partial charge < -0.3 is 20.1 Å². The summed E-state index contributed by atoms with van der Waals surface area (Å²) < 4.78 is 0. The molecule has 1 aromatic carbocycles. The maximum atomic E-state index is 13.3. The van der Waals surface area contributed by atoms with E-state index >= 15 is 0 Å². The molecular formula is C29H36N8O. The number of carbonyl (C=O) groups excluding carboxylic acids is 1. The number of anilines is 2. The van der Waals surface area contributed by atoms with Crippen LogP contribution in [-0.4, -0.2) is 93.6 Å². The average molecular weight is 513 g/mol. The minimum absolute atomic E-state index is 0.0773. The second-order valence-electron chi connectivity index (χ2n) is 10.3. The topological polar surface area (TPSA) is 92.8 Å². The van der Waals surface area contributed by atoms with Gasteiger partial charge in [-0.1, -0.05) is 13.0 Å². The van der Waals surface area contributed by atoms with Crippen LogP contribution in [0.1, 0.15) is 48.8 Å². The zero-order valence-electron chi connectivity index (χ0n) is 22.1. The number of H-pyrrole nitrogens is 1. The third-order valence-corrected chi connectivity index (χ3v) is 8.01. The predicted molar refractivity (Wildman–Crippen MR) is 152 cm³/mol. The van der Waals surface area contributed by atoms with E-state index in [-0.39, 0.29) is 5.91 Å². The van der Waals surface area contributed by atoms with Crippen LogP contribution in [0.2, 0.25) is 0 Å². The molecule has 2 fully saturated rings. The van der Waals surface area contributed by atoms with Crippen LogP contribution in [0, 0.1) is 0 Å². The molecular weight excluding hydrogens is 476 g/mol. The maximum Gasteiger partial charge on any atom is 0.270 e. The molecule has 3 aliphatic heterocycles. The molecule has 0 radical (unpaired) electrons. The number of hydrogen-bond acceptors (Lipinski definition) is 7. The van der Waals surface area contributed by atoms with Gasteiger partial charge in [-0.2, -0.15) is 0 Å². The van der Waals surface area contributed by atoms with Crippen molar-refractivity contribution in [2.24, 2.45) is 4.99 Å². The maximum absolute atomic E-state index is 13.3. The molecule has 1 amide bonds. The Labute approximate surface area is 223 Å². The Morgan fingerprint density at radius 1 is 1.05 bits per heavy atom. The monoisotopic (exact) mass is 512 g/mol. The second kappa shape index (κ2) is 11.0. The zero-order valence-corrected chi connectivity index (χ0v) is 22.1. The quantitative estimate of drug-likeness (QED) is 0.516. The van der Waals surface area contributed by atoms with Crippen LogP contribution in [0.5, 0.6) is 0 Å². The largest absolute Gasteiger partial charge is 0.351 e. The van der Waals surface area contributed by atoms with E-state index in [1.54, 1.807) is 6.20 Å². The molecule has 198 valence electrons. The first-order valence-corrected chi connectivity index (χ1v) is 13.9. The average Bonchev–Trinajstić information content (AvgIpc) is 3.41. The van der Waals surface area contributed by atoms with E-state index in [1.165, 1.54) is 25.9 Å². The summed E-state index contributed by atoms with van der Waals surface area (Å²) in [6.45, 7) is 9.24. The zero-order chi connectivity index (χ0) is 25.9. The van der Waals surface area contributed by atoms with Crippen LogP contribution in [0.25, 0.3) is 16.6 Å². The first-order chi connectivity index (χ1) is 18.7. The highest BCUT2D eigenvalue weighted by molar-refractivity contribution is 5.98. The van der Waals surface area contributed by atoms with Crippen LogP contribution >= 0.6 is 0 Å². The van der Waals surface area contributed by atoms with Gasteiger partial charge in [0.05, 0.1) is 11.4 Å². The highest BCUT2D eigenvalue weighted by atomic mass is 16.2. The van der Waals surface area contributed by atoms with Crippen molar-refractivity contribution in [3.05, 3.63) is 54.0 Å². The number of benzene rings is 1. The Hall–Kier alpha value is -3.56. The number of piperidine rings is 1. The fraction of sp³-hybridized carbons (Fsp3) is 0.448. The van der Waals surface area contributed by atoms with Gasteiger partial charge in [0.25, 0.3) is 5.91 Å². The van der Waals surface area contributed by atoms with E-state index in [2.05, 4.69) is 48.1 Å². The number of aliphatic imine (C=N–C) groups is 1. The number of likely N-dealkylation sites (tertiary alicyclic amines) is 1. The highest BCUT2D eigenvalue weighted by Gasteiger charge is 2.29. The van der Waals surface area contributed by atoms with Crippen molar-refractivity contribution in [2.45, 2.75) is 38.6 Å². The highest BCUT2D eigenvalue weighted by Crippen LogP contribution is 2.25. The molecule has 0 spiro atoms. The van der Waals surface area contributed by atoms with E-state index < -0.39 is 0 Å². The molecule has 9 heteroatoms. The van der Waals surface area contributed by atoms with Gasteiger partial charge in [0.15, 0.2) is 0 Å². The number of amides is 1. The van der Waals surface area contributed by atoms with E-state index in [1.807, 2.05) is 41.4 Å². The Balaban J connectivity index is 1.09. The van der Waals surface area contributed by atoms with Crippen molar-refractivity contribution < 1.29 is 4.79 Å². The van der Waals surface area contributed by atoms with Gasteiger partial charge in [0, 0.05) is 61.2 Å². The number of nitrogens with zero attached hydrogens (tertiary/aromatic N) is 6. The summed E-state index contributed by atoms with van der Waals surface area (Å²) in [6, 6.07) is 10.5. The van der Waals surface area contributed by atoms with E-state index in [4.69, 9.17) is 0 Å². The first kappa shape index (κ1) is 24.8. The predicted octanol–water partition coefficient (Wildman–Crippen LogP) is 4.15. The summed E-state index contributed by atoms with van der Waals surface area (Å²) in [4.78, 5) is 37.2. The molecule has 0 unspecified atom stereocenters. The van der Waals surface area contributed by atoms with Crippen LogP contribution in [0.4, 0.5) is 11.6 Å². The molecule has 2 N–H and O–H groups in total. The second-order valence-corrected chi connectivity index (χ2v) is 10.3. The summed E-state index contributed by atoms with van der Waals surface area (Å²) in [5.41, 5.74) is 4.14. The van der Waals surface area contributed by atoms with Gasteiger partial charge in [-0.15, -0.1) is 0 Å². The molecule has 0 aliphatic carbocycles. The number of carbonyl (C=O) groups is 1. The van der Waals surface area contributed by atoms with Crippen LogP contribution in [0.15, 0.2) is 47.6 Å². The number of nitrogens with one attached hydrogen (secondary N) is 2. The molecule has 0 saturated carbocycles. The van der Waals surface area contributed by atoms with Gasteiger partial charge in [-0.25, -0.2) is 9.97 Å². The molecule has 2 aromatic heterocycles. The standard InChI is InChI=1S/C29H36N8O/c1-2-35-13-9-23(10-14-35)36-15-17-37(18-16-36)28(38)27-20-21-19-22(6-7-24(21)33-27)32-29-31-12-8-26(34-29)25-5-3-4-11-30-25/h5-8,11-12,19-20,23,33H,2-4,9-10,13-18H2,1H3,(H,31,32,34). The van der Waals surface area contributed by atoms with Crippen molar-refractivity contribution in [1.29, 1.82) is 0 Å². The summed E-state index contributed by atoms with van der Waals surface area (Å²) in [5, 5.41) is 4.28. The number of rotatable bonds is 6. The number of hydrogen-bond donors (Lipinski definition) is 2. The van der Waals surface area contributed by atoms with Crippen LogP contribution < -0.4 is 5.32 Å². The Morgan fingerprint density at radius 2 is 1.89 bits per heavy atom. The Bertz CT molecular complexity index is 1350. The fourth-order valence-corrected chi connectivity index (χ4v) is 5.76. The molecule has 38 heavy (non-hydrogen) atoms. The third kappa shape index (κ3) is 5.35. The van der Waals surface area contributed by atoms with E-state index in [0.29, 0.717) is 17.7 Å². The van der Waals surface area contributed by atoms with Crippen molar-refractivity contribution in [3.8, 4) is 0 Å². The minimum Gasteiger partial charge on any atom is -0.351 e. The summed E-state index contributed by atoms with van der Waals surface area (Å²) in [5.74, 6) is 0.599. The lowest BCUT2D eigenvalue weighted by molar-refractivity contribution is 0.0454. The normalized spacial score (nSPS) is 19.6. The Morgan fingerprint density at radius 3 is 2.66 bits per heavy atom. The summed E-state index contributed by atoms with van der Waals surface area (Å²) in [6.07, 6.45) is 10.2. The number of piperazine rings is 1. The first-order valence-electron chi connectivity index (χ1n) is 13.9. The van der Waals surface area contributed by atoms with Crippen molar-refractivity contribution >= 4 is 40.4 Å². The van der Waals surface area contributed by atoms with Crippen LogP contribution in [-0.2, 0) is 0 Å². The van der Waals surface area contributed by atoms with Gasteiger partial charge in [-0.05, 0) is 75.6 Å². The van der Waals surface area contributed by atoms with E-state index in [0.717, 1.165) is 73.5 Å². The number of allylic oxidation sites excluding steroid dienone is 1.